The summed E-state index contributed by atoms with van der Waals surface area (Å²) in [7, 11) is 0. The van der Waals surface area contributed by atoms with Gasteiger partial charge in [-0.05, 0) is 65.6 Å². The molecule has 2 N–H and O–H groups in total. The van der Waals surface area contributed by atoms with Crippen LogP contribution in [0.4, 0.5) is 5.69 Å². The van der Waals surface area contributed by atoms with Gasteiger partial charge in [0.25, 0.3) is 11.7 Å². The van der Waals surface area contributed by atoms with Gasteiger partial charge in [0, 0.05) is 10.4 Å². The fourth-order valence-electron chi connectivity index (χ4n) is 4.11. The first-order valence-electron chi connectivity index (χ1n) is 10.8. The van der Waals surface area contributed by atoms with Crippen LogP contribution in [0.5, 0.6) is 5.75 Å². The number of carbonyl (C=O) groups excluding carboxylic acids is 2. The molecule has 0 bridgehead atoms. The molecule has 1 aromatic heterocycles. The standard InChI is InChI=1S/C27H27NO4S/c1-15-8-11-20(29)19(13-15)28-23(21-7-6-12-33-21)22(25(31)26(28)32)24(30)18-14-17(27(3,4)5)10-9-16(18)2/h6-14,23,29-30H,1-5H3/b24-22+. The number of anilines is 1. The van der Waals surface area contributed by atoms with Gasteiger partial charge in [-0.3, -0.25) is 14.5 Å². The third-order valence-corrected chi connectivity index (χ3v) is 6.93. The van der Waals surface area contributed by atoms with Crippen molar-refractivity contribution in [2.75, 3.05) is 4.90 Å². The average Bonchev–Trinajstić information content (AvgIpc) is 3.36. The molecule has 0 aliphatic carbocycles. The van der Waals surface area contributed by atoms with Gasteiger partial charge in [0.05, 0.1) is 11.3 Å². The van der Waals surface area contributed by atoms with Crippen molar-refractivity contribution in [3.63, 3.8) is 0 Å². The molecule has 6 heteroatoms. The summed E-state index contributed by atoms with van der Waals surface area (Å²) in [6.45, 7) is 9.94. The van der Waals surface area contributed by atoms with Crippen LogP contribution in [-0.2, 0) is 15.0 Å². The molecule has 1 aliphatic rings. The minimum atomic E-state index is -0.838. The number of aryl methyl sites for hydroxylation is 2. The number of aliphatic hydroxyl groups excluding tert-OH is 1. The SMILES string of the molecule is Cc1ccc(O)c(N2C(=O)C(=O)/C(=C(/O)c3cc(C(C)(C)C)ccc3C)C2c2cccs2)c1. The second-order valence-corrected chi connectivity index (χ2v) is 10.4. The summed E-state index contributed by atoms with van der Waals surface area (Å²) >= 11 is 1.39. The fraction of sp³-hybridized carbons (Fsp3) is 0.259. The van der Waals surface area contributed by atoms with E-state index in [1.807, 2.05) is 49.6 Å². The first-order valence-corrected chi connectivity index (χ1v) is 11.6. The summed E-state index contributed by atoms with van der Waals surface area (Å²) < 4.78 is 0. The molecule has 0 spiro atoms. The predicted octanol–water partition coefficient (Wildman–Crippen LogP) is 5.99. The van der Waals surface area contributed by atoms with E-state index < -0.39 is 17.7 Å². The maximum Gasteiger partial charge on any atom is 0.300 e. The number of aliphatic hydroxyl groups is 1. The quantitative estimate of drug-likeness (QED) is 0.285. The second kappa shape index (κ2) is 8.19. The van der Waals surface area contributed by atoms with Crippen molar-refractivity contribution in [1.29, 1.82) is 0 Å². The van der Waals surface area contributed by atoms with Gasteiger partial charge >= 0.3 is 0 Å². The number of thiophene rings is 1. The summed E-state index contributed by atoms with van der Waals surface area (Å²) in [6, 6.07) is 13.5. The summed E-state index contributed by atoms with van der Waals surface area (Å²) in [5.74, 6) is -1.85. The van der Waals surface area contributed by atoms with Crippen LogP contribution < -0.4 is 4.90 Å². The van der Waals surface area contributed by atoms with E-state index in [-0.39, 0.29) is 28.2 Å². The van der Waals surface area contributed by atoms with E-state index in [0.717, 1.165) is 21.6 Å². The lowest BCUT2D eigenvalue weighted by Crippen LogP contribution is -2.29. The molecule has 1 atom stereocenters. The first kappa shape index (κ1) is 22.8. The molecule has 1 fully saturated rings. The molecule has 4 rings (SSSR count). The van der Waals surface area contributed by atoms with E-state index >= 15 is 0 Å². The highest BCUT2D eigenvalue weighted by Gasteiger charge is 2.48. The first-order chi connectivity index (χ1) is 15.5. The largest absolute Gasteiger partial charge is 0.507 e. The van der Waals surface area contributed by atoms with Gasteiger partial charge in [-0.15, -0.1) is 11.3 Å². The zero-order valence-electron chi connectivity index (χ0n) is 19.3. The Morgan fingerprint density at radius 1 is 1.03 bits per heavy atom. The minimum Gasteiger partial charge on any atom is -0.507 e. The van der Waals surface area contributed by atoms with E-state index in [4.69, 9.17) is 0 Å². The van der Waals surface area contributed by atoms with E-state index in [0.29, 0.717) is 5.56 Å². The van der Waals surface area contributed by atoms with Crippen LogP contribution in [0.2, 0.25) is 0 Å². The second-order valence-electron chi connectivity index (χ2n) is 9.46. The number of carbonyl (C=O) groups is 2. The van der Waals surface area contributed by atoms with Gasteiger partial charge in [0.2, 0.25) is 0 Å². The molecule has 1 aliphatic heterocycles. The highest BCUT2D eigenvalue weighted by molar-refractivity contribution is 7.10. The Morgan fingerprint density at radius 3 is 2.39 bits per heavy atom. The molecule has 170 valence electrons. The molecular formula is C27H27NO4S. The molecular weight excluding hydrogens is 434 g/mol. The van der Waals surface area contributed by atoms with Gasteiger partial charge in [0.15, 0.2) is 0 Å². The van der Waals surface area contributed by atoms with Crippen molar-refractivity contribution in [2.45, 2.75) is 46.1 Å². The summed E-state index contributed by atoms with van der Waals surface area (Å²) in [5.41, 5.74) is 3.28. The van der Waals surface area contributed by atoms with Crippen molar-refractivity contribution >= 4 is 34.5 Å². The number of nitrogens with zero attached hydrogens (tertiary/aromatic N) is 1. The van der Waals surface area contributed by atoms with E-state index in [2.05, 4.69) is 20.8 Å². The number of aromatic hydroxyl groups is 1. The number of benzene rings is 2. The molecule has 1 unspecified atom stereocenters. The summed E-state index contributed by atoms with van der Waals surface area (Å²) in [4.78, 5) is 28.6. The molecule has 5 nitrogen and oxygen atoms in total. The van der Waals surface area contributed by atoms with Crippen molar-refractivity contribution in [2.24, 2.45) is 0 Å². The van der Waals surface area contributed by atoms with E-state index in [1.54, 1.807) is 12.1 Å². The Labute approximate surface area is 197 Å². The fourth-order valence-corrected chi connectivity index (χ4v) is 4.94. The predicted molar refractivity (Wildman–Crippen MR) is 132 cm³/mol. The van der Waals surface area contributed by atoms with Gasteiger partial charge < -0.3 is 10.2 Å². The van der Waals surface area contributed by atoms with Crippen LogP contribution in [0, 0.1) is 13.8 Å². The smallest absolute Gasteiger partial charge is 0.300 e. The lowest BCUT2D eigenvalue weighted by Gasteiger charge is -2.25. The van der Waals surface area contributed by atoms with Gasteiger partial charge in [0.1, 0.15) is 17.6 Å². The Balaban J connectivity index is 1.98. The van der Waals surface area contributed by atoms with Crippen LogP contribution in [-0.4, -0.2) is 21.9 Å². The lowest BCUT2D eigenvalue weighted by atomic mass is 9.84. The maximum atomic E-state index is 13.3. The highest BCUT2D eigenvalue weighted by Crippen LogP contribution is 2.46. The van der Waals surface area contributed by atoms with Gasteiger partial charge in [-0.25, -0.2) is 0 Å². The Kier molecular flexibility index (Phi) is 5.66. The topological polar surface area (TPSA) is 77.8 Å². The summed E-state index contributed by atoms with van der Waals surface area (Å²) in [5, 5.41) is 23.9. The normalized spacial score (nSPS) is 18.2. The van der Waals surface area contributed by atoms with Crippen molar-refractivity contribution in [3.05, 3.63) is 86.6 Å². The van der Waals surface area contributed by atoms with Gasteiger partial charge in [-0.1, -0.05) is 45.0 Å². The average molecular weight is 462 g/mol. The molecule has 1 amide bonds. The third kappa shape index (κ3) is 3.95. The minimum absolute atomic E-state index is 0.0255. The third-order valence-electron chi connectivity index (χ3n) is 6.01. The number of hydrogen-bond donors (Lipinski definition) is 2. The Morgan fingerprint density at radius 2 is 1.76 bits per heavy atom. The van der Waals surface area contributed by atoms with Crippen LogP contribution in [0.1, 0.15) is 53.9 Å². The zero-order chi connectivity index (χ0) is 24.1. The molecule has 3 aromatic rings. The molecule has 2 aromatic carbocycles. The Bertz CT molecular complexity index is 1280. The summed E-state index contributed by atoms with van der Waals surface area (Å²) in [6.07, 6.45) is 0. The highest BCUT2D eigenvalue weighted by atomic mass is 32.1. The zero-order valence-corrected chi connectivity index (χ0v) is 20.2. The number of phenols is 1. The molecule has 1 saturated heterocycles. The van der Waals surface area contributed by atoms with E-state index in [1.165, 1.54) is 22.3 Å². The molecule has 0 saturated carbocycles. The van der Waals surface area contributed by atoms with E-state index in [9.17, 15) is 19.8 Å². The number of amides is 1. The molecule has 33 heavy (non-hydrogen) atoms. The van der Waals surface area contributed by atoms with Crippen LogP contribution in [0.3, 0.4) is 0 Å². The number of ketones is 1. The maximum absolute atomic E-state index is 13.3. The number of hydrogen-bond acceptors (Lipinski definition) is 5. The number of rotatable bonds is 3. The molecule has 0 radical (unpaired) electrons. The van der Waals surface area contributed by atoms with Crippen LogP contribution >= 0.6 is 11.3 Å². The van der Waals surface area contributed by atoms with Crippen LogP contribution in [0.25, 0.3) is 5.76 Å². The monoisotopic (exact) mass is 461 g/mol. The lowest BCUT2D eigenvalue weighted by molar-refractivity contribution is -0.132. The van der Waals surface area contributed by atoms with Gasteiger partial charge in [-0.2, -0.15) is 0 Å². The van der Waals surface area contributed by atoms with Crippen molar-refractivity contribution in [3.8, 4) is 5.75 Å². The molecule has 2 heterocycles. The van der Waals surface area contributed by atoms with Crippen LogP contribution in [0.15, 0.2) is 59.5 Å². The Hall–Kier alpha value is -3.38. The van der Waals surface area contributed by atoms with Crippen molar-refractivity contribution in [1.82, 2.24) is 0 Å². The number of Topliss-reactive ketones (excluding diaryl/α,β-unsaturated/α-hetero) is 1. The number of phenolic OH excluding ortho intramolecular Hbond substituents is 1. The van der Waals surface area contributed by atoms with Crippen molar-refractivity contribution < 1.29 is 19.8 Å².